The summed E-state index contributed by atoms with van der Waals surface area (Å²) in [5, 5.41) is 0. The highest BCUT2D eigenvalue weighted by atomic mass is 16.2. The summed E-state index contributed by atoms with van der Waals surface area (Å²) in [7, 11) is 2.22. The van der Waals surface area contributed by atoms with Crippen LogP contribution < -0.4 is 0 Å². The molecule has 0 aromatic heterocycles. The monoisotopic (exact) mass is 325 g/mol. The van der Waals surface area contributed by atoms with Crippen molar-refractivity contribution in [3.63, 3.8) is 0 Å². The average Bonchev–Trinajstić information content (AvgIpc) is 2.57. The van der Waals surface area contributed by atoms with Gasteiger partial charge in [0.05, 0.1) is 0 Å². The van der Waals surface area contributed by atoms with Crippen molar-refractivity contribution in [1.82, 2.24) is 14.7 Å². The Hall–Kier alpha value is -0.610. The minimum Gasteiger partial charge on any atom is -0.340 e. The molecule has 0 aromatic carbocycles. The number of hydrogen-bond acceptors (Lipinski definition) is 3. The van der Waals surface area contributed by atoms with Crippen molar-refractivity contribution in [1.29, 1.82) is 0 Å². The number of carbonyl (C=O) groups is 1. The van der Waals surface area contributed by atoms with Crippen LogP contribution in [0.4, 0.5) is 0 Å². The Morgan fingerprint density at radius 2 is 1.57 bits per heavy atom. The van der Waals surface area contributed by atoms with Crippen LogP contribution in [0, 0.1) is 11.8 Å². The van der Waals surface area contributed by atoms with Gasteiger partial charge in [-0.1, -0.05) is 27.7 Å². The van der Waals surface area contributed by atoms with Crippen LogP contribution in [-0.4, -0.2) is 73.5 Å². The van der Waals surface area contributed by atoms with Gasteiger partial charge in [0, 0.05) is 39.1 Å². The molecule has 0 atom stereocenters. The molecule has 0 aromatic rings. The molecule has 1 amide bonds. The van der Waals surface area contributed by atoms with Crippen molar-refractivity contribution in [2.75, 3.05) is 52.9 Å². The number of hydrogen-bond donors (Lipinski definition) is 0. The first-order valence-electron chi connectivity index (χ1n) is 9.73. The fourth-order valence-electron chi connectivity index (χ4n) is 3.36. The first kappa shape index (κ1) is 20.4. The predicted molar refractivity (Wildman–Crippen MR) is 98.7 cm³/mol. The molecule has 0 aliphatic carbocycles. The number of rotatable bonds is 5. The third kappa shape index (κ3) is 7.67. The van der Waals surface area contributed by atoms with Crippen LogP contribution in [0.25, 0.3) is 0 Å². The van der Waals surface area contributed by atoms with Gasteiger partial charge in [-0.2, -0.15) is 0 Å². The van der Waals surface area contributed by atoms with E-state index in [0.29, 0.717) is 11.8 Å². The standard InChI is InChI=1S/C17H33N3O.C2H6/c1-15(2)4-5-17(21)20-12-10-19(11-13-20)14-16-6-8-18(3)9-7-16;1-2/h15-16H,4-14H2,1-3H3;1-2H3. The van der Waals surface area contributed by atoms with Crippen LogP contribution in [0.15, 0.2) is 0 Å². The fourth-order valence-corrected chi connectivity index (χ4v) is 3.36. The zero-order valence-electron chi connectivity index (χ0n) is 16.2. The van der Waals surface area contributed by atoms with Gasteiger partial charge in [-0.05, 0) is 51.2 Å². The minimum absolute atomic E-state index is 0.364. The lowest BCUT2D eigenvalue weighted by Gasteiger charge is -2.38. The molecular formula is C19H39N3O. The van der Waals surface area contributed by atoms with E-state index in [1.165, 1.54) is 32.5 Å². The summed E-state index contributed by atoms with van der Waals surface area (Å²) in [5.41, 5.74) is 0. The molecule has 0 radical (unpaired) electrons. The largest absolute Gasteiger partial charge is 0.340 e. The Labute approximate surface area is 144 Å². The van der Waals surface area contributed by atoms with Crippen molar-refractivity contribution in [3.05, 3.63) is 0 Å². The molecule has 4 nitrogen and oxygen atoms in total. The predicted octanol–water partition coefficient (Wildman–Crippen LogP) is 2.93. The molecule has 0 bridgehead atoms. The van der Waals surface area contributed by atoms with Gasteiger partial charge in [-0.25, -0.2) is 0 Å². The number of piperidine rings is 1. The van der Waals surface area contributed by atoms with E-state index in [-0.39, 0.29) is 0 Å². The molecule has 2 saturated heterocycles. The lowest BCUT2D eigenvalue weighted by atomic mass is 9.96. The first-order chi connectivity index (χ1) is 11.0. The van der Waals surface area contributed by atoms with Gasteiger partial charge < -0.3 is 9.80 Å². The molecule has 2 heterocycles. The van der Waals surface area contributed by atoms with Gasteiger partial charge in [-0.3, -0.25) is 9.69 Å². The Balaban J connectivity index is 0.00000127. The second-order valence-electron chi connectivity index (χ2n) is 7.36. The van der Waals surface area contributed by atoms with E-state index < -0.39 is 0 Å². The lowest BCUT2D eigenvalue weighted by Crippen LogP contribution is -2.50. The minimum atomic E-state index is 0.364. The Morgan fingerprint density at radius 3 is 2.09 bits per heavy atom. The van der Waals surface area contributed by atoms with Gasteiger partial charge in [0.2, 0.25) is 5.91 Å². The van der Waals surface area contributed by atoms with Crippen molar-refractivity contribution in [2.45, 2.75) is 53.4 Å². The summed E-state index contributed by atoms with van der Waals surface area (Å²) in [5.74, 6) is 1.85. The van der Waals surface area contributed by atoms with E-state index >= 15 is 0 Å². The van der Waals surface area contributed by atoms with Crippen LogP contribution >= 0.6 is 0 Å². The summed E-state index contributed by atoms with van der Waals surface area (Å²) in [6, 6.07) is 0. The summed E-state index contributed by atoms with van der Waals surface area (Å²) in [4.78, 5) is 19.2. The third-order valence-electron chi connectivity index (χ3n) is 5.02. The topological polar surface area (TPSA) is 26.8 Å². The fraction of sp³-hybridized carbons (Fsp3) is 0.947. The van der Waals surface area contributed by atoms with Gasteiger partial charge >= 0.3 is 0 Å². The highest BCUT2D eigenvalue weighted by Gasteiger charge is 2.24. The van der Waals surface area contributed by atoms with Crippen molar-refractivity contribution >= 4 is 5.91 Å². The van der Waals surface area contributed by atoms with Crippen molar-refractivity contribution in [3.8, 4) is 0 Å². The number of carbonyl (C=O) groups excluding carboxylic acids is 1. The highest BCUT2D eigenvalue weighted by Crippen LogP contribution is 2.18. The molecule has 136 valence electrons. The summed E-state index contributed by atoms with van der Waals surface area (Å²) < 4.78 is 0. The highest BCUT2D eigenvalue weighted by molar-refractivity contribution is 5.76. The second kappa shape index (κ2) is 11.0. The number of likely N-dealkylation sites (tertiary alicyclic amines) is 1. The summed E-state index contributed by atoms with van der Waals surface area (Å²) >= 11 is 0. The first-order valence-corrected chi connectivity index (χ1v) is 9.73. The molecule has 23 heavy (non-hydrogen) atoms. The third-order valence-corrected chi connectivity index (χ3v) is 5.02. The smallest absolute Gasteiger partial charge is 0.222 e. The van der Waals surface area contributed by atoms with Gasteiger partial charge in [0.25, 0.3) is 0 Å². The van der Waals surface area contributed by atoms with Crippen LogP contribution in [-0.2, 0) is 4.79 Å². The van der Waals surface area contributed by atoms with Crippen LogP contribution in [0.3, 0.4) is 0 Å². The lowest BCUT2D eigenvalue weighted by molar-refractivity contribution is -0.133. The maximum Gasteiger partial charge on any atom is 0.222 e. The Kier molecular flexibility index (Phi) is 9.80. The number of nitrogens with zero attached hydrogens (tertiary/aromatic N) is 3. The zero-order chi connectivity index (χ0) is 17.2. The molecule has 2 fully saturated rings. The molecular weight excluding hydrogens is 286 g/mol. The van der Waals surface area contributed by atoms with Crippen molar-refractivity contribution < 1.29 is 4.79 Å². The van der Waals surface area contributed by atoms with Crippen LogP contribution in [0.2, 0.25) is 0 Å². The molecule has 4 heteroatoms. The van der Waals surface area contributed by atoms with Crippen LogP contribution in [0.1, 0.15) is 53.4 Å². The normalized spacial score (nSPS) is 21.2. The maximum atomic E-state index is 12.1. The molecule has 0 saturated carbocycles. The Morgan fingerprint density at radius 1 is 1.00 bits per heavy atom. The SMILES string of the molecule is CC.CC(C)CCC(=O)N1CCN(CC2CCN(C)CC2)CC1. The van der Waals surface area contributed by atoms with E-state index in [9.17, 15) is 4.79 Å². The molecule has 2 rings (SSSR count). The zero-order valence-corrected chi connectivity index (χ0v) is 16.2. The van der Waals surface area contributed by atoms with E-state index in [1.54, 1.807) is 0 Å². The van der Waals surface area contributed by atoms with Gasteiger partial charge in [0.15, 0.2) is 0 Å². The van der Waals surface area contributed by atoms with E-state index in [2.05, 4.69) is 35.6 Å². The Bertz CT molecular complexity index is 317. The van der Waals surface area contributed by atoms with Crippen molar-refractivity contribution in [2.24, 2.45) is 11.8 Å². The molecule has 2 aliphatic rings. The summed E-state index contributed by atoms with van der Waals surface area (Å²) in [6.07, 6.45) is 4.43. The van der Waals surface area contributed by atoms with E-state index in [4.69, 9.17) is 0 Å². The molecule has 0 unspecified atom stereocenters. The quantitative estimate of drug-likeness (QED) is 0.777. The summed E-state index contributed by atoms with van der Waals surface area (Å²) in [6.45, 7) is 16.1. The van der Waals surface area contributed by atoms with Gasteiger partial charge in [-0.15, -0.1) is 0 Å². The number of piperazine rings is 1. The van der Waals surface area contributed by atoms with Gasteiger partial charge in [0.1, 0.15) is 0 Å². The molecule has 0 N–H and O–H groups in total. The molecule has 2 aliphatic heterocycles. The van der Waals surface area contributed by atoms with E-state index in [0.717, 1.165) is 44.9 Å². The second-order valence-corrected chi connectivity index (χ2v) is 7.36. The molecule has 0 spiro atoms. The maximum absolute atomic E-state index is 12.1. The van der Waals surface area contributed by atoms with E-state index in [1.807, 2.05) is 13.8 Å². The van der Waals surface area contributed by atoms with Crippen LogP contribution in [0.5, 0.6) is 0 Å². The average molecular weight is 326 g/mol. The number of amides is 1.